The van der Waals surface area contributed by atoms with Gasteiger partial charge in [0.05, 0.1) is 30.8 Å². The highest BCUT2D eigenvalue weighted by molar-refractivity contribution is 7.99. The lowest BCUT2D eigenvalue weighted by atomic mass is 10.1. The average Bonchev–Trinajstić information content (AvgIpc) is 3.35. The number of hydrogen-bond donors (Lipinski definition) is 4. The van der Waals surface area contributed by atoms with Gasteiger partial charge in [-0.25, -0.2) is 19.0 Å². The van der Waals surface area contributed by atoms with Crippen molar-refractivity contribution in [1.82, 2.24) is 25.0 Å². The Labute approximate surface area is 227 Å². The van der Waals surface area contributed by atoms with E-state index in [0.717, 1.165) is 18.5 Å². The highest BCUT2D eigenvalue weighted by Crippen LogP contribution is 2.44. The van der Waals surface area contributed by atoms with E-state index in [1.165, 1.54) is 0 Å². The Morgan fingerprint density at radius 2 is 2.22 bits per heavy atom. The van der Waals surface area contributed by atoms with Crippen molar-refractivity contribution in [3.8, 4) is 0 Å². The molecule has 6 atom stereocenters. The van der Waals surface area contributed by atoms with Gasteiger partial charge in [-0.2, -0.15) is 0 Å². The maximum atomic E-state index is 14.9. The van der Waals surface area contributed by atoms with Gasteiger partial charge in [-0.15, -0.1) is 5.10 Å². The molecule has 1 aromatic carbocycles. The molecule has 0 unspecified atom stereocenters. The number of rotatable bonds is 10. The van der Waals surface area contributed by atoms with E-state index >= 15 is 0 Å². The molecule has 0 spiro atoms. The van der Waals surface area contributed by atoms with Crippen LogP contribution in [0.3, 0.4) is 0 Å². The molecule has 10 nitrogen and oxygen atoms in total. The summed E-state index contributed by atoms with van der Waals surface area (Å²) in [4.78, 5) is 8.41. The van der Waals surface area contributed by atoms with Gasteiger partial charge in [0.15, 0.2) is 22.1 Å². The average molecular weight is 530 g/mol. The summed E-state index contributed by atoms with van der Waals surface area (Å²) in [6.07, 6.45) is -9.30. The van der Waals surface area contributed by atoms with Gasteiger partial charge < -0.3 is 25.4 Å². The molecule has 2 heterocycles. The van der Waals surface area contributed by atoms with E-state index in [9.17, 15) is 14.6 Å². The van der Waals surface area contributed by atoms with Gasteiger partial charge in [0.2, 0.25) is 0 Å². The van der Waals surface area contributed by atoms with E-state index in [4.69, 9.17) is 24.9 Å². The number of hydrogen-bond acceptors (Lipinski definition) is 10. The number of aromatic nitrogens is 5. The van der Waals surface area contributed by atoms with Crippen LogP contribution in [0.15, 0.2) is 23.3 Å². The zero-order chi connectivity index (χ0) is 35.2. The summed E-state index contributed by atoms with van der Waals surface area (Å²) in [6, 6.07) is -6.39. The number of anilines is 1. The molecule has 0 radical (unpaired) electrons. The second-order valence-corrected chi connectivity index (χ2v) is 8.89. The smallest absolute Gasteiger partial charge is 0.191 e. The van der Waals surface area contributed by atoms with Crippen LogP contribution in [-0.2, 0) is 4.74 Å². The van der Waals surface area contributed by atoms with Crippen molar-refractivity contribution in [2.24, 2.45) is 0 Å². The van der Waals surface area contributed by atoms with Crippen LogP contribution in [-0.4, -0.2) is 83.5 Å². The Bertz CT molecular complexity index is 1710. The number of nitrogens with one attached hydrogen (secondary N) is 1. The standard InChI is InChI=1S/C24H31FN6O4S/c1-3-8-36-24-27-22(26-16-10-14(16)13-5-4-12(2)15(25)9-13)19-23(28-24)31(30-29-19)17-11-18(35-7-6-32)21(34)20(17)33/h4-5,9,14,16-18,20-21,32-34H,3,6-8,10-11H2,1-2H3,(H,26,27,28)/t14-,16+,17+,18-,20-,21+/m0/s1/i3D2,4D,5D,8D2,9D,10D2,14D,16D. The maximum Gasteiger partial charge on any atom is 0.191 e. The molecule has 12 heteroatoms. The van der Waals surface area contributed by atoms with Crippen molar-refractivity contribution in [1.29, 1.82) is 0 Å². The van der Waals surface area contributed by atoms with E-state index in [-0.39, 0.29) is 48.1 Å². The Morgan fingerprint density at radius 3 is 3.00 bits per heavy atom. The molecule has 194 valence electrons. The predicted molar refractivity (Wildman–Crippen MR) is 133 cm³/mol. The molecule has 2 aliphatic rings. The van der Waals surface area contributed by atoms with Gasteiger partial charge in [0, 0.05) is 33.6 Å². The van der Waals surface area contributed by atoms with Gasteiger partial charge in [-0.1, -0.05) is 36.0 Å². The second-order valence-electron chi connectivity index (χ2n) is 8.12. The van der Waals surface area contributed by atoms with E-state index < -0.39 is 95.2 Å². The fourth-order valence-electron chi connectivity index (χ4n) is 3.91. The third kappa shape index (κ3) is 4.92. The van der Waals surface area contributed by atoms with E-state index in [2.05, 4.69) is 25.6 Å². The highest BCUT2D eigenvalue weighted by Gasteiger charge is 2.45. The molecular formula is C24H31FN6O4S. The van der Waals surface area contributed by atoms with Gasteiger partial charge in [-0.3, -0.25) is 0 Å². The largest absolute Gasteiger partial charge is 0.394 e. The first kappa shape index (κ1) is 15.1. The van der Waals surface area contributed by atoms with E-state index in [1.807, 2.05) is 0 Å². The molecule has 0 saturated heterocycles. The second kappa shape index (κ2) is 10.5. The number of thioether (sulfide) groups is 1. The molecule has 2 fully saturated rings. The molecule has 3 aromatic rings. The number of aliphatic hydroxyl groups excluding tert-OH is 3. The third-order valence-electron chi connectivity index (χ3n) is 5.75. The number of aliphatic hydroxyl groups is 3. The van der Waals surface area contributed by atoms with Crippen LogP contribution in [0.2, 0.25) is 0 Å². The molecule has 2 aromatic heterocycles. The molecule has 0 amide bonds. The van der Waals surface area contributed by atoms with Gasteiger partial charge in [-0.05, 0) is 36.8 Å². The minimum absolute atomic E-state index is 0.0534. The van der Waals surface area contributed by atoms with Gasteiger partial charge >= 0.3 is 0 Å². The lowest BCUT2D eigenvalue weighted by Crippen LogP contribution is -2.33. The molecule has 36 heavy (non-hydrogen) atoms. The maximum absolute atomic E-state index is 14.9. The number of halogens is 1. The van der Waals surface area contributed by atoms with Crippen LogP contribution in [0, 0.1) is 12.7 Å². The molecule has 4 N–H and O–H groups in total. The first-order valence-electron chi connectivity index (χ1n) is 16.5. The van der Waals surface area contributed by atoms with Gasteiger partial charge in [0.25, 0.3) is 0 Å². The summed E-state index contributed by atoms with van der Waals surface area (Å²) in [5, 5.41) is 40.5. The van der Waals surface area contributed by atoms with Crippen molar-refractivity contribution in [2.45, 2.75) is 74.4 Å². The van der Waals surface area contributed by atoms with Crippen molar-refractivity contribution in [3.63, 3.8) is 0 Å². The normalized spacial score (nSPS) is 38.3. The fraction of sp³-hybridized carbons (Fsp3) is 0.583. The summed E-state index contributed by atoms with van der Waals surface area (Å²) >= 11 is 0.229. The van der Waals surface area contributed by atoms with Crippen LogP contribution >= 0.6 is 11.8 Å². The third-order valence-corrected chi connectivity index (χ3v) is 6.42. The van der Waals surface area contributed by atoms with Crippen LogP contribution in [0.5, 0.6) is 0 Å². The van der Waals surface area contributed by atoms with Crippen LogP contribution in [0.4, 0.5) is 10.2 Å². The number of fused-ring (bicyclic) bond motifs is 1. The van der Waals surface area contributed by atoms with E-state index in [0.29, 0.717) is 0 Å². The Hall–Kier alpha value is -2.38. The van der Waals surface area contributed by atoms with Crippen LogP contribution < -0.4 is 5.32 Å². The minimum atomic E-state index is -2.95. The van der Waals surface area contributed by atoms with Crippen LogP contribution in [0.1, 0.15) is 64.2 Å². The summed E-state index contributed by atoms with van der Waals surface area (Å²) in [5.41, 5.74) is -4.37. The van der Waals surface area contributed by atoms with Crippen molar-refractivity contribution in [2.75, 3.05) is 24.2 Å². The molecule has 5 rings (SSSR count). The first-order valence-corrected chi connectivity index (χ1v) is 11.8. The Morgan fingerprint density at radius 1 is 1.39 bits per heavy atom. The zero-order valence-corrected chi connectivity index (χ0v) is 20.0. The monoisotopic (exact) mass is 529 g/mol. The fourth-order valence-corrected chi connectivity index (χ4v) is 4.37. The zero-order valence-electron chi connectivity index (χ0n) is 30.2. The quantitative estimate of drug-likeness (QED) is 0.228. The number of ether oxygens (including phenoxy) is 1. The van der Waals surface area contributed by atoms with Crippen LogP contribution in [0.25, 0.3) is 11.2 Å². The molecule has 2 saturated carbocycles. The van der Waals surface area contributed by atoms with Crippen molar-refractivity contribution >= 4 is 28.7 Å². The van der Waals surface area contributed by atoms with E-state index in [1.54, 1.807) is 0 Å². The molecule has 0 bridgehead atoms. The molecule has 0 aliphatic heterocycles. The highest BCUT2D eigenvalue weighted by atomic mass is 32.2. The SMILES string of the molecule is [2H]c1c([2H])c([C@]2([2H])C([2H])([2H])[C@@]2([2H])Nc2nc(SC([2H])([2H])C([2H])([2H])C)nc3c2nnn3[C@@H]2C[C@H](OCCO)[C@@H](O)[C@H]2O)c([2H])c(F)c1C. The Kier molecular flexibility index (Phi) is 4.43. The molecule has 2 aliphatic carbocycles. The van der Waals surface area contributed by atoms with Gasteiger partial charge in [0.1, 0.15) is 18.0 Å². The predicted octanol–water partition coefficient (Wildman–Crippen LogP) is 2.18. The summed E-state index contributed by atoms with van der Waals surface area (Å²) in [5.74, 6) is -4.60. The summed E-state index contributed by atoms with van der Waals surface area (Å²) in [7, 11) is 0. The lowest BCUT2D eigenvalue weighted by molar-refractivity contribution is -0.0629. The van der Waals surface area contributed by atoms with Crippen molar-refractivity contribution < 1.29 is 39.5 Å². The molecular weight excluding hydrogens is 487 g/mol. The lowest BCUT2D eigenvalue weighted by Gasteiger charge is -2.17. The minimum Gasteiger partial charge on any atom is -0.394 e. The number of benzene rings is 1. The van der Waals surface area contributed by atoms with Crippen molar-refractivity contribution in [3.05, 3.63) is 35.1 Å². The Balaban J connectivity index is 1.65. The topological polar surface area (TPSA) is 138 Å². The first-order chi connectivity index (χ1) is 21.6. The summed E-state index contributed by atoms with van der Waals surface area (Å²) < 4.78 is 113. The summed E-state index contributed by atoms with van der Waals surface area (Å²) in [6.45, 7) is 1.64. The number of nitrogens with zero attached hydrogens (tertiary/aromatic N) is 5.